The third-order valence-corrected chi connectivity index (χ3v) is 6.10. The van der Waals surface area contributed by atoms with E-state index in [0.717, 1.165) is 32.5 Å². The van der Waals surface area contributed by atoms with Gasteiger partial charge in [-0.1, -0.05) is 30.3 Å². The first-order valence-electron chi connectivity index (χ1n) is 8.47. The number of piperidine rings is 1. The largest absolute Gasteiger partial charge is 0.349 e. The Morgan fingerprint density at radius 1 is 1.17 bits per heavy atom. The molecule has 1 atom stereocenters. The number of sulfone groups is 1. The van der Waals surface area contributed by atoms with E-state index in [1.54, 1.807) is 6.08 Å². The minimum Gasteiger partial charge on any atom is -0.349 e. The Hall–Kier alpha value is -1.66. The Morgan fingerprint density at radius 3 is 2.50 bits per heavy atom. The zero-order chi connectivity index (χ0) is 17.0. The lowest BCUT2D eigenvalue weighted by molar-refractivity contribution is -0.122. The second kappa shape index (κ2) is 7.49. The van der Waals surface area contributed by atoms with E-state index in [9.17, 15) is 13.2 Å². The van der Waals surface area contributed by atoms with Gasteiger partial charge in [0.25, 0.3) is 0 Å². The van der Waals surface area contributed by atoms with Crippen molar-refractivity contribution in [3.05, 3.63) is 47.4 Å². The average molecular weight is 348 g/mol. The lowest BCUT2D eigenvalue weighted by Gasteiger charge is -2.31. The predicted molar refractivity (Wildman–Crippen MR) is 93.9 cm³/mol. The molecule has 1 fully saturated rings. The van der Waals surface area contributed by atoms with Crippen LogP contribution in [0.2, 0.25) is 0 Å². The minimum atomic E-state index is -3.11. The molecule has 2 aliphatic heterocycles. The van der Waals surface area contributed by atoms with Crippen molar-refractivity contribution in [1.82, 2.24) is 10.2 Å². The summed E-state index contributed by atoms with van der Waals surface area (Å²) in [7, 11) is -3.11. The topological polar surface area (TPSA) is 66.5 Å². The van der Waals surface area contributed by atoms with Crippen LogP contribution >= 0.6 is 0 Å². The van der Waals surface area contributed by atoms with Gasteiger partial charge in [0.15, 0.2) is 9.84 Å². The smallest absolute Gasteiger partial charge is 0.220 e. The highest BCUT2D eigenvalue weighted by molar-refractivity contribution is 7.94. The van der Waals surface area contributed by atoms with Gasteiger partial charge in [-0.2, -0.15) is 0 Å². The molecular formula is C18H24N2O3S. The molecule has 0 bridgehead atoms. The number of nitrogens with zero attached hydrogens (tertiary/aromatic N) is 1. The van der Waals surface area contributed by atoms with Gasteiger partial charge in [-0.15, -0.1) is 0 Å². The Kier molecular flexibility index (Phi) is 5.36. The fourth-order valence-electron chi connectivity index (χ4n) is 3.38. The second-order valence-electron chi connectivity index (χ2n) is 6.74. The van der Waals surface area contributed by atoms with E-state index in [1.807, 2.05) is 6.07 Å². The fraction of sp³-hybridized carbons (Fsp3) is 0.500. The van der Waals surface area contributed by atoms with Crippen LogP contribution in [0.25, 0.3) is 0 Å². The fourth-order valence-corrected chi connectivity index (χ4v) is 4.62. The molecule has 0 spiro atoms. The first-order valence-corrected chi connectivity index (χ1v) is 10.2. The lowest BCUT2D eigenvalue weighted by Crippen LogP contribution is -2.39. The number of hydrogen-bond donors (Lipinski definition) is 1. The van der Waals surface area contributed by atoms with Gasteiger partial charge in [-0.25, -0.2) is 8.42 Å². The summed E-state index contributed by atoms with van der Waals surface area (Å²) >= 11 is 0. The number of nitrogens with one attached hydrogen (secondary N) is 1. The number of rotatable bonds is 5. The third-order valence-electron chi connectivity index (χ3n) is 4.71. The molecule has 1 N–H and O–H groups in total. The molecule has 1 aromatic rings. The van der Waals surface area contributed by atoms with Crippen LogP contribution in [0.15, 0.2) is 41.8 Å². The van der Waals surface area contributed by atoms with Gasteiger partial charge in [0.2, 0.25) is 5.91 Å². The number of amides is 1. The van der Waals surface area contributed by atoms with Gasteiger partial charge in [0.05, 0.1) is 11.8 Å². The molecule has 2 heterocycles. The Morgan fingerprint density at radius 2 is 1.88 bits per heavy atom. The quantitative estimate of drug-likeness (QED) is 0.880. The molecule has 0 saturated carbocycles. The maximum atomic E-state index is 12.1. The molecule has 6 heteroatoms. The third kappa shape index (κ3) is 4.92. The van der Waals surface area contributed by atoms with Crippen molar-refractivity contribution in [2.75, 3.05) is 18.8 Å². The monoisotopic (exact) mass is 348 g/mol. The van der Waals surface area contributed by atoms with Crippen molar-refractivity contribution < 1.29 is 13.2 Å². The summed E-state index contributed by atoms with van der Waals surface area (Å²) in [6, 6.07) is 10.1. The maximum Gasteiger partial charge on any atom is 0.220 e. The van der Waals surface area contributed by atoms with E-state index >= 15 is 0 Å². The molecule has 1 saturated heterocycles. The van der Waals surface area contributed by atoms with Crippen LogP contribution in [0.4, 0.5) is 0 Å². The van der Waals surface area contributed by atoms with Crippen molar-refractivity contribution in [2.45, 2.75) is 31.8 Å². The van der Waals surface area contributed by atoms with E-state index in [1.165, 1.54) is 11.0 Å². The summed E-state index contributed by atoms with van der Waals surface area (Å²) in [4.78, 5) is 14.5. The van der Waals surface area contributed by atoms with Crippen molar-refractivity contribution in [3.63, 3.8) is 0 Å². The van der Waals surface area contributed by atoms with Gasteiger partial charge in [0.1, 0.15) is 0 Å². The summed E-state index contributed by atoms with van der Waals surface area (Å²) in [5.41, 5.74) is 1.32. The van der Waals surface area contributed by atoms with Crippen LogP contribution < -0.4 is 5.32 Å². The molecule has 5 nitrogen and oxygen atoms in total. The minimum absolute atomic E-state index is 0.00569. The lowest BCUT2D eigenvalue weighted by atomic mass is 9.93. The van der Waals surface area contributed by atoms with Crippen molar-refractivity contribution in [1.29, 1.82) is 0 Å². The van der Waals surface area contributed by atoms with E-state index < -0.39 is 9.84 Å². The normalized spacial score (nSPS) is 24.1. The molecule has 0 aliphatic carbocycles. The molecule has 0 unspecified atom stereocenters. The van der Waals surface area contributed by atoms with Crippen LogP contribution in [0.5, 0.6) is 0 Å². The highest BCUT2D eigenvalue weighted by atomic mass is 32.2. The van der Waals surface area contributed by atoms with E-state index in [-0.39, 0.29) is 17.7 Å². The second-order valence-corrected chi connectivity index (χ2v) is 8.67. The SMILES string of the molecule is O=C(CC1CCN(Cc2ccccc2)CC1)N[C@H]1C=CS(=O)(=O)C1. The molecule has 0 aromatic heterocycles. The van der Waals surface area contributed by atoms with Crippen LogP contribution in [-0.2, 0) is 21.2 Å². The number of benzene rings is 1. The number of hydrogen-bond acceptors (Lipinski definition) is 4. The molecule has 130 valence electrons. The highest BCUT2D eigenvalue weighted by Crippen LogP contribution is 2.22. The zero-order valence-electron chi connectivity index (χ0n) is 13.7. The summed E-state index contributed by atoms with van der Waals surface area (Å²) in [6.07, 6.45) is 4.08. The Balaban J connectivity index is 1.39. The van der Waals surface area contributed by atoms with E-state index in [4.69, 9.17) is 0 Å². The van der Waals surface area contributed by atoms with Crippen LogP contribution in [0.1, 0.15) is 24.8 Å². The average Bonchev–Trinajstić information content (AvgIpc) is 2.89. The van der Waals surface area contributed by atoms with Gasteiger partial charge in [0, 0.05) is 18.4 Å². The number of likely N-dealkylation sites (tertiary alicyclic amines) is 1. The summed E-state index contributed by atoms with van der Waals surface area (Å²) in [6.45, 7) is 2.97. The van der Waals surface area contributed by atoms with Gasteiger partial charge >= 0.3 is 0 Å². The molecule has 1 amide bonds. The Labute approximate surface area is 143 Å². The zero-order valence-corrected chi connectivity index (χ0v) is 14.5. The van der Waals surface area contributed by atoms with E-state index in [0.29, 0.717) is 12.3 Å². The van der Waals surface area contributed by atoms with Crippen LogP contribution in [0.3, 0.4) is 0 Å². The van der Waals surface area contributed by atoms with Gasteiger partial charge < -0.3 is 5.32 Å². The first-order chi connectivity index (χ1) is 11.5. The van der Waals surface area contributed by atoms with E-state index in [2.05, 4.69) is 34.5 Å². The molecule has 3 rings (SSSR count). The predicted octanol–water partition coefficient (Wildman–Crippen LogP) is 1.72. The molecule has 0 radical (unpaired) electrons. The molecule has 2 aliphatic rings. The molecular weight excluding hydrogens is 324 g/mol. The van der Waals surface area contributed by atoms with Crippen LogP contribution in [0, 0.1) is 5.92 Å². The van der Waals surface area contributed by atoms with Crippen molar-refractivity contribution in [3.8, 4) is 0 Å². The summed E-state index contributed by atoms with van der Waals surface area (Å²) in [5.74, 6) is 0.344. The summed E-state index contributed by atoms with van der Waals surface area (Å²) < 4.78 is 22.7. The van der Waals surface area contributed by atoms with Gasteiger partial charge in [-0.05, 0) is 43.5 Å². The van der Waals surface area contributed by atoms with Gasteiger partial charge in [-0.3, -0.25) is 9.69 Å². The molecule has 24 heavy (non-hydrogen) atoms. The highest BCUT2D eigenvalue weighted by Gasteiger charge is 2.25. The number of carbonyl (C=O) groups is 1. The molecule has 1 aromatic carbocycles. The van der Waals surface area contributed by atoms with Crippen LogP contribution in [-0.4, -0.2) is 44.1 Å². The van der Waals surface area contributed by atoms with Crippen molar-refractivity contribution in [2.24, 2.45) is 5.92 Å². The summed E-state index contributed by atoms with van der Waals surface area (Å²) in [5, 5.41) is 4.01. The Bertz CT molecular complexity index is 692. The first kappa shape index (κ1) is 17.2. The van der Waals surface area contributed by atoms with Crippen molar-refractivity contribution >= 4 is 15.7 Å². The standard InChI is InChI=1S/C18H24N2O3S/c21-18(19-17-8-11-24(22,23)14-17)12-15-6-9-20(10-7-15)13-16-4-2-1-3-5-16/h1-5,8,11,15,17H,6-7,9-10,12-14H2,(H,19,21)/t17-/m0/s1. The maximum absolute atomic E-state index is 12.1. The number of carbonyl (C=O) groups excluding carboxylic acids is 1.